The van der Waals surface area contributed by atoms with Crippen molar-refractivity contribution in [3.8, 4) is 0 Å². The van der Waals surface area contributed by atoms with E-state index in [1.807, 2.05) is 73.7 Å². The van der Waals surface area contributed by atoms with Crippen molar-refractivity contribution in [2.75, 3.05) is 11.9 Å². The highest BCUT2D eigenvalue weighted by atomic mass is 16.5. The molecule has 29 heavy (non-hydrogen) atoms. The van der Waals surface area contributed by atoms with Crippen LogP contribution < -0.4 is 5.32 Å². The van der Waals surface area contributed by atoms with Crippen LogP contribution in [0.4, 0.5) is 5.69 Å². The summed E-state index contributed by atoms with van der Waals surface area (Å²) < 4.78 is 5.27. The molecular formula is C24H20N2O3. The van der Waals surface area contributed by atoms with Crippen LogP contribution in [0.1, 0.15) is 21.6 Å². The van der Waals surface area contributed by atoms with E-state index in [1.54, 1.807) is 6.92 Å². The number of benzene rings is 3. The SMILES string of the molecule is Cc1nc2ccccc2c(C)c1C(=O)OCC(=O)Nc1ccc2ccccc2c1. The van der Waals surface area contributed by atoms with Crippen molar-refractivity contribution >= 4 is 39.2 Å². The van der Waals surface area contributed by atoms with Crippen LogP contribution in [0.3, 0.4) is 0 Å². The summed E-state index contributed by atoms with van der Waals surface area (Å²) in [5.74, 6) is -0.940. The molecule has 0 spiro atoms. The summed E-state index contributed by atoms with van der Waals surface area (Å²) in [7, 11) is 0. The topological polar surface area (TPSA) is 68.3 Å². The molecule has 1 aromatic heterocycles. The number of nitrogens with one attached hydrogen (secondary N) is 1. The van der Waals surface area contributed by atoms with Crippen molar-refractivity contribution < 1.29 is 14.3 Å². The molecule has 1 heterocycles. The summed E-state index contributed by atoms with van der Waals surface area (Å²) >= 11 is 0. The minimum Gasteiger partial charge on any atom is -0.452 e. The quantitative estimate of drug-likeness (QED) is 0.513. The average molecular weight is 384 g/mol. The van der Waals surface area contributed by atoms with E-state index in [4.69, 9.17) is 4.74 Å². The molecule has 144 valence electrons. The maximum absolute atomic E-state index is 12.6. The number of amides is 1. The first-order chi connectivity index (χ1) is 14.0. The number of hydrogen-bond acceptors (Lipinski definition) is 4. The molecule has 4 aromatic rings. The molecule has 0 saturated carbocycles. The maximum Gasteiger partial charge on any atom is 0.340 e. The Kier molecular flexibility index (Phi) is 4.96. The van der Waals surface area contributed by atoms with Gasteiger partial charge in [0, 0.05) is 11.1 Å². The molecule has 0 bridgehead atoms. The Bertz CT molecular complexity index is 1250. The summed E-state index contributed by atoms with van der Waals surface area (Å²) in [4.78, 5) is 29.4. The van der Waals surface area contributed by atoms with Crippen molar-refractivity contribution in [1.29, 1.82) is 0 Å². The lowest BCUT2D eigenvalue weighted by Gasteiger charge is -2.12. The fourth-order valence-corrected chi connectivity index (χ4v) is 3.50. The van der Waals surface area contributed by atoms with Crippen LogP contribution in [0, 0.1) is 13.8 Å². The number of rotatable bonds is 4. The van der Waals surface area contributed by atoms with Crippen molar-refractivity contribution in [2.24, 2.45) is 0 Å². The number of para-hydroxylation sites is 1. The third-order valence-corrected chi connectivity index (χ3v) is 4.90. The van der Waals surface area contributed by atoms with E-state index in [0.717, 1.165) is 27.2 Å². The maximum atomic E-state index is 12.6. The molecule has 5 nitrogen and oxygen atoms in total. The van der Waals surface area contributed by atoms with Crippen LogP contribution >= 0.6 is 0 Å². The first-order valence-electron chi connectivity index (χ1n) is 9.34. The van der Waals surface area contributed by atoms with Crippen LogP contribution in [0.2, 0.25) is 0 Å². The first-order valence-corrected chi connectivity index (χ1v) is 9.34. The first kappa shape index (κ1) is 18.6. The van der Waals surface area contributed by atoms with E-state index in [-0.39, 0.29) is 6.61 Å². The fraction of sp³-hybridized carbons (Fsp3) is 0.125. The monoisotopic (exact) mass is 384 g/mol. The minimum atomic E-state index is -0.549. The zero-order valence-corrected chi connectivity index (χ0v) is 16.2. The van der Waals surface area contributed by atoms with E-state index in [1.165, 1.54) is 0 Å². The highest BCUT2D eigenvalue weighted by molar-refractivity contribution is 6.00. The summed E-state index contributed by atoms with van der Waals surface area (Å²) in [5.41, 5.74) is 3.27. The molecular weight excluding hydrogens is 364 g/mol. The molecule has 0 aliphatic heterocycles. The zero-order valence-electron chi connectivity index (χ0n) is 16.2. The number of carbonyl (C=O) groups excluding carboxylic acids is 2. The fourth-order valence-electron chi connectivity index (χ4n) is 3.50. The predicted octanol–water partition coefficient (Wildman–Crippen LogP) is 4.80. The van der Waals surface area contributed by atoms with Crippen molar-refractivity contribution in [1.82, 2.24) is 4.98 Å². The number of aryl methyl sites for hydroxylation is 2. The van der Waals surface area contributed by atoms with Crippen LogP contribution in [-0.2, 0) is 9.53 Å². The number of esters is 1. The number of nitrogens with zero attached hydrogens (tertiary/aromatic N) is 1. The largest absolute Gasteiger partial charge is 0.452 e. The van der Waals surface area contributed by atoms with Gasteiger partial charge in [0.05, 0.1) is 16.8 Å². The van der Waals surface area contributed by atoms with Crippen LogP contribution in [-0.4, -0.2) is 23.5 Å². The van der Waals surface area contributed by atoms with E-state index < -0.39 is 11.9 Å². The van der Waals surface area contributed by atoms with Gasteiger partial charge in [0.1, 0.15) is 0 Å². The van der Waals surface area contributed by atoms with Gasteiger partial charge in [-0.05, 0) is 48.4 Å². The molecule has 0 atom stereocenters. The summed E-state index contributed by atoms with van der Waals surface area (Å²) in [6.45, 7) is 3.27. The van der Waals surface area contributed by atoms with Gasteiger partial charge in [0.2, 0.25) is 0 Å². The zero-order chi connectivity index (χ0) is 20.4. The third-order valence-electron chi connectivity index (χ3n) is 4.90. The molecule has 5 heteroatoms. The van der Waals surface area contributed by atoms with Crippen molar-refractivity contribution in [2.45, 2.75) is 13.8 Å². The number of hydrogen-bond donors (Lipinski definition) is 1. The molecule has 1 amide bonds. The van der Waals surface area contributed by atoms with Gasteiger partial charge in [-0.2, -0.15) is 0 Å². The predicted molar refractivity (Wildman–Crippen MR) is 114 cm³/mol. The van der Waals surface area contributed by atoms with Crippen LogP contribution in [0.5, 0.6) is 0 Å². The number of fused-ring (bicyclic) bond motifs is 2. The molecule has 1 N–H and O–H groups in total. The Morgan fingerprint density at radius 2 is 1.66 bits per heavy atom. The minimum absolute atomic E-state index is 0.364. The van der Waals surface area contributed by atoms with Gasteiger partial charge in [-0.1, -0.05) is 48.5 Å². The third kappa shape index (κ3) is 3.80. The van der Waals surface area contributed by atoms with Gasteiger partial charge >= 0.3 is 5.97 Å². The normalized spacial score (nSPS) is 10.8. The molecule has 4 rings (SSSR count). The van der Waals surface area contributed by atoms with Gasteiger partial charge in [0.25, 0.3) is 5.91 Å². The Balaban J connectivity index is 1.46. The second-order valence-corrected chi connectivity index (χ2v) is 6.90. The van der Waals surface area contributed by atoms with Gasteiger partial charge in [0.15, 0.2) is 6.61 Å². The van der Waals surface area contributed by atoms with E-state index >= 15 is 0 Å². The second kappa shape index (κ2) is 7.72. The average Bonchev–Trinajstić information content (AvgIpc) is 2.72. The molecule has 0 unspecified atom stereocenters. The lowest BCUT2D eigenvalue weighted by molar-refractivity contribution is -0.119. The number of pyridine rings is 1. The summed E-state index contributed by atoms with van der Waals surface area (Å²) in [5, 5.41) is 5.78. The Labute approximate surface area is 168 Å². The molecule has 0 radical (unpaired) electrons. The summed E-state index contributed by atoms with van der Waals surface area (Å²) in [6, 6.07) is 21.2. The van der Waals surface area contributed by atoms with E-state index in [9.17, 15) is 9.59 Å². The molecule has 0 aliphatic carbocycles. The molecule has 3 aromatic carbocycles. The van der Waals surface area contributed by atoms with Gasteiger partial charge in [-0.15, -0.1) is 0 Å². The number of aromatic nitrogens is 1. The lowest BCUT2D eigenvalue weighted by Crippen LogP contribution is -2.22. The molecule has 0 fully saturated rings. The number of ether oxygens (including phenoxy) is 1. The smallest absolute Gasteiger partial charge is 0.340 e. The van der Waals surface area contributed by atoms with Crippen molar-refractivity contribution in [3.63, 3.8) is 0 Å². The van der Waals surface area contributed by atoms with Crippen molar-refractivity contribution in [3.05, 3.63) is 83.6 Å². The Morgan fingerprint density at radius 1 is 0.931 bits per heavy atom. The Hall–Kier alpha value is -3.73. The Morgan fingerprint density at radius 3 is 2.48 bits per heavy atom. The van der Waals surface area contributed by atoms with Gasteiger partial charge < -0.3 is 10.1 Å². The standard InChI is InChI=1S/C24H20N2O3/c1-15-20-9-5-6-10-21(20)25-16(2)23(15)24(28)29-14-22(27)26-19-12-11-17-7-3-4-8-18(17)13-19/h3-13H,14H2,1-2H3,(H,26,27). The second-order valence-electron chi connectivity index (χ2n) is 6.90. The van der Waals surface area contributed by atoms with Gasteiger partial charge in [-0.25, -0.2) is 4.79 Å². The number of carbonyl (C=O) groups is 2. The van der Waals surface area contributed by atoms with Crippen LogP contribution in [0.15, 0.2) is 66.7 Å². The highest BCUT2D eigenvalue weighted by Gasteiger charge is 2.18. The highest BCUT2D eigenvalue weighted by Crippen LogP contribution is 2.23. The summed E-state index contributed by atoms with van der Waals surface area (Å²) in [6.07, 6.45) is 0. The van der Waals surface area contributed by atoms with Gasteiger partial charge in [-0.3, -0.25) is 9.78 Å². The van der Waals surface area contributed by atoms with E-state index in [2.05, 4.69) is 10.3 Å². The number of anilines is 1. The van der Waals surface area contributed by atoms with E-state index in [0.29, 0.717) is 16.9 Å². The molecule has 0 saturated heterocycles. The van der Waals surface area contributed by atoms with Crippen LogP contribution in [0.25, 0.3) is 21.7 Å². The molecule has 0 aliphatic rings. The lowest BCUT2D eigenvalue weighted by atomic mass is 10.0.